The molecule has 2 bridgehead atoms. The van der Waals surface area contributed by atoms with Gasteiger partial charge in [0.1, 0.15) is 6.10 Å². The van der Waals surface area contributed by atoms with Crippen molar-refractivity contribution in [1.29, 1.82) is 0 Å². The summed E-state index contributed by atoms with van der Waals surface area (Å²) in [6, 6.07) is 8.35. The van der Waals surface area contributed by atoms with Crippen molar-refractivity contribution in [2.24, 2.45) is 0 Å². The maximum Gasteiger partial charge on any atom is 0.423 e. The molecule has 0 N–H and O–H groups in total. The smallest absolute Gasteiger partial charge is 0.423 e. The summed E-state index contributed by atoms with van der Waals surface area (Å²) in [6.45, 7) is 2.43. The number of benzene rings is 1. The number of fused-ring (bicyclic) bond motifs is 3. The molecule has 25 heavy (non-hydrogen) atoms. The van der Waals surface area contributed by atoms with E-state index in [4.69, 9.17) is 4.74 Å². The molecular weight excluding hydrogens is 342 g/mol. The van der Waals surface area contributed by atoms with Gasteiger partial charge in [-0.3, -0.25) is 4.57 Å². The summed E-state index contributed by atoms with van der Waals surface area (Å²) >= 11 is 0. The van der Waals surface area contributed by atoms with Crippen LogP contribution in [-0.2, 0) is 11.3 Å². The molecule has 136 valence electrons. The number of rotatable bonds is 2. The van der Waals surface area contributed by atoms with Gasteiger partial charge in [-0.05, 0) is 38.9 Å². The van der Waals surface area contributed by atoms with Crippen molar-refractivity contribution in [2.45, 2.75) is 57.3 Å². The predicted octanol–water partition coefficient (Wildman–Crippen LogP) is 2.85. The minimum Gasteiger partial charge on any atom is -0.445 e. The molecular formula is C18H24ClN3O3. The first-order valence-corrected chi connectivity index (χ1v) is 8.73. The fourth-order valence-corrected chi connectivity index (χ4v) is 4.34. The average Bonchev–Trinajstić information content (AvgIpc) is 2.95. The van der Waals surface area contributed by atoms with Crippen molar-refractivity contribution < 1.29 is 9.53 Å². The first-order valence-electron chi connectivity index (χ1n) is 8.73. The van der Waals surface area contributed by atoms with Gasteiger partial charge in [0, 0.05) is 31.5 Å². The van der Waals surface area contributed by atoms with Crippen LogP contribution in [0.2, 0.25) is 0 Å². The van der Waals surface area contributed by atoms with Crippen LogP contribution in [0.25, 0.3) is 11.0 Å². The molecule has 2 aliphatic heterocycles. The van der Waals surface area contributed by atoms with E-state index in [1.54, 1.807) is 10.6 Å². The Hall–Kier alpha value is -1.79. The van der Waals surface area contributed by atoms with Gasteiger partial charge in [0.2, 0.25) is 0 Å². The summed E-state index contributed by atoms with van der Waals surface area (Å²) in [6.07, 6.45) is 3.42. The van der Waals surface area contributed by atoms with E-state index in [9.17, 15) is 9.59 Å². The highest BCUT2D eigenvalue weighted by atomic mass is 35.5. The number of aryl methyl sites for hydroxylation is 1. The lowest BCUT2D eigenvalue weighted by Crippen LogP contribution is -2.44. The number of ether oxygens (including phenoxy) is 1. The van der Waals surface area contributed by atoms with Gasteiger partial charge in [-0.15, -0.1) is 12.4 Å². The fraction of sp³-hybridized carbons (Fsp3) is 0.556. The number of carbonyl (C=O) groups is 1. The number of para-hydroxylation sites is 2. The highest BCUT2D eigenvalue weighted by molar-refractivity contribution is 5.87. The predicted molar refractivity (Wildman–Crippen MR) is 98.6 cm³/mol. The van der Waals surface area contributed by atoms with Crippen molar-refractivity contribution in [3.63, 3.8) is 0 Å². The van der Waals surface area contributed by atoms with Crippen LogP contribution in [0, 0.1) is 0 Å². The van der Waals surface area contributed by atoms with Crippen molar-refractivity contribution in [3.05, 3.63) is 34.7 Å². The molecule has 1 unspecified atom stereocenters. The molecule has 0 aliphatic carbocycles. The Labute approximate surface area is 152 Å². The van der Waals surface area contributed by atoms with Gasteiger partial charge in [0.05, 0.1) is 11.0 Å². The Morgan fingerprint density at radius 1 is 1.16 bits per heavy atom. The van der Waals surface area contributed by atoms with Gasteiger partial charge in [-0.1, -0.05) is 12.1 Å². The van der Waals surface area contributed by atoms with Gasteiger partial charge in [0.25, 0.3) is 0 Å². The van der Waals surface area contributed by atoms with Gasteiger partial charge < -0.3 is 9.64 Å². The molecule has 3 atom stereocenters. The molecule has 4 rings (SSSR count). The summed E-state index contributed by atoms with van der Waals surface area (Å²) in [7, 11) is 2.15. The van der Waals surface area contributed by atoms with Crippen molar-refractivity contribution >= 4 is 29.5 Å². The highest BCUT2D eigenvalue weighted by Gasteiger charge is 2.40. The van der Waals surface area contributed by atoms with E-state index in [0.29, 0.717) is 24.1 Å². The summed E-state index contributed by atoms with van der Waals surface area (Å²) in [5.41, 5.74) is 1.07. The molecule has 1 aromatic carbocycles. The van der Waals surface area contributed by atoms with Crippen LogP contribution in [0.4, 0.5) is 4.79 Å². The van der Waals surface area contributed by atoms with E-state index in [1.165, 1.54) is 17.4 Å². The monoisotopic (exact) mass is 365 g/mol. The molecule has 2 saturated heterocycles. The Kier molecular flexibility index (Phi) is 4.93. The van der Waals surface area contributed by atoms with Gasteiger partial charge in [-0.25, -0.2) is 9.59 Å². The second-order valence-electron chi connectivity index (χ2n) is 6.88. The van der Waals surface area contributed by atoms with Crippen LogP contribution in [-0.4, -0.2) is 45.4 Å². The van der Waals surface area contributed by atoms with E-state index < -0.39 is 6.09 Å². The summed E-state index contributed by atoms with van der Waals surface area (Å²) in [4.78, 5) is 27.7. The Balaban J connectivity index is 0.00000182. The van der Waals surface area contributed by atoms with Gasteiger partial charge in [-0.2, -0.15) is 4.57 Å². The Morgan fingerprint density at radius 3 is 2.36 bits per heavy atom. The zero-order valence-electron chi connectivity index (χ0n) is 14.6. The maximum atomic E-state index is 12.7. The number of hydrogen-bond acceptors (Lipinski definition) is 4. The van der Waals surface area contributed by atoms with Crippen molar-refractivity contribution in [2.75, 3.05) is 7.05 Å². The summed E-state index contributed by atoms with van der Waals surface area (Å²) in [5, 5.41) is 0. The SMILES string of the molecule is CCn1c(=O)n(C(=O)OC2C[C@H]3CC[C@@H](C2)N3C)c2ccccc21.Cl. The van der Waals surface area contributed by atoms with Gasteiger partial charge in [0.15, 0.2) is 0 Å². The molecule has 0 amide bonds. The number of imidazole rings is 1. The van der Waals surface area contributed by atoms with E-state index in [2.05, 4.69) is 11.9 Å². The molecule has 2 aliphatic rings. The van der Waals surface area contributed by atoms with Crippen molar-refractivity contribution in [3.8, 4) is 0 Å². The Morgan fingerprint density at radius 2 is 1.76 bits per heavy atom. The zero-order valence-corrected chi connectivity index (χ0v) is 15.4. The average molecular weight is 366 g/mol. The van der Waals surface area contributed by atoms with Crippen LogP contribution >= 0.6 is 12.4 Å². The lowest BCUT2D eigenvalue weighted by Gasteiger charge is -2.35. The van der Waals surface area contributed by atoms with E-state index >= 15 is 0 Å². The van der Waals surface area contributed by atoms with Crippen LogP contribution in [0.3, 0.4) is 0 Å². The van der Waals surface area contributed by atoms with E-state index in [1.807, 2.05) is 25.1 Å². The van der Waals surface area contributed by atoms with Gasteiger partial charge >= 0.3 is 11.8 Å². The first-order chi connectivity index (χ1) is 11.6. The maximum absolute atomic E-state index is 12.7. The zero-order chi connectivity index (χ0) is 16.8. The fourth-order valence-electron chi connectivity index (χ4n) is 4.34. The number of carbonyl (C=O) groups excluding carboxylic acids is 1. The lowest BCUT2D eigenvalue weighted by molar-refractivity contribution is 0.0290. The molecule has 0 saturated carbocycles. The second-order valence-corrected chi connectivity index (χ2v) is 6.88. The third-order valence-corrected chi connectivity index (χ3v) is 5.66. The number of piperidine rings is 1. The van der Waals surface area contributed by atoms with Crippen LogP contribution < -0.4 is 5.69 Å². The molecule has 2 fully saturated rings. The molecule has 6 nitrogen and oxygen atoms in total. The molecule has 0 radical (unpaired) electrons. The molecule has 7 heteroatoms. The van der Waals surface area contributed by atoms with Crippen molar-refractivity contribution in [1.82, 2.24) is 14.0 Å². The second kappa shape index (κ2) is 6.84. The number of halogens is 1. The largest absolute Gasteiger partial charge is 0.445 e. The first kappa shape index (κ1) is 18.0. The van der Waals surface area contributed by atoms with E-state index in [0.717, 1.165) is 18.4 Å². The normalized spacial score (nSPS) is 25.8. The lowest BCUT2D eigenvalue weighted by atomic mass is 10.0. The third kappa shape index (κ3) is 2.87. The van der Waals surface area contributed by atoms with Crippen LogP contribution in [0.5, 0.6) is 0 Å². The number of hydrogen-bond donors (Lipinski definition) is 0. The molecule has 3 heterocycles. The Bertz CT molecular complexity index is 830. The molecule has 0 spiro atoms. The highest BCUT2D eigenvalue weighted by Crippen LogP contribution is 2.35. The number of nitrogens with zero attached hydrogens (tertiary/aromatic N) is 3. The van der Waals surface area contributed by atoms with Crippen LogP contribution in [0.15, 0.2) is 29.1 Å². The summed E-state index contributed by atoms with van der Waals surface area (Å²) < 4.78 is 8.52. The van der Waals surface area contributed by atoms with Crippen LogP contribution in [0.1, 0.15) is 32.6 Å². The standard InChI is InChI=1S/C18H23N3O3.ClH/c1-3-20-15-6-4-5-7-16(15)21(17(20)22)18(23)24-14-10-12-8-9-13(11-14)19(12)2;/h4-7,12-14H,3,8-11H2,1-2H3;1H/t12-,13+,14?;. The molecule has 2 aromatic rings. The van der Waals surface area contributed by atoms with E-state index in [-0.39, 0.29) is 24.2 Å². The third-order valence-electron chi connectivity index (χ3n) is 5.66. The molecule has 1 aromatic heterocycles. The quantitative estimate of drug-likeness (QED) is 0.821. The summed E-state index contributed by atoms with van der Waals surface area (Å²) in [5.74, 6) is 0. The minimum atomic E-state index is -0.544. The minimum absolute atomic E-state index is 0. The topological polar surface area (TPSA) is 56.5 Å². The number of aromatic nitrogens is 2.